The molecule has 1 heterocycles. The topological polar surface area (TPSA) is 66.0 Å². The molecule has 0 aliphatic heterocycles. The van der Waals surface area contributed by atoms with Gasteiger partial charge in [-0.1, -0.05) is 43.5 Å². The molecule has 0 amide bonds. The van der Waals surface area contributed by atoms with Crippen LogP contribution in [0.3, 0.4) is 0 Å². The molecule has 1 aromatic carbocycles. The molecule has 25 heavy (non-hydrogen) atoms. The van der Waals surface area contributed by atoms with E-state index in [4.69, 9.17) is 23.2 Å². The monoisotopic (exact) mass is 382 g/mol. The molecule has 0 aliphatic carbocycles. The van der Waals surface area contributed by atoms with Gasteiger partial charge in [0.1, 0.15) is 0 Å². The number of benzene rings is 1. The number of carbonyl (C=O) groups is 1. The van der Waals surface area contributed by atoms with Crippen LogP contribution in [-0.2, 0) is 0 Å². The Morgan fingerprint density at radius 2 is 2.00 bits per heavy atom. The minimum absolute atomic E-state index is 0.00102. The fourth-order valence-corrected chi connectivity index (χ4v) is 3.84. The number of aromatic amines is 1. The fraction of sp³-hybridized carbons (Fsp3) is 0.474. The summed E-state index contributed by atoms with van der Waals surface area (Å²) < 4.78 is 0. The number of nitrogens with zero attached hydrogens (tertiary/aromatic N) is 1. The number of hydrogen-bond acceptors (Lipinski definition) is 3. The van der Waals surface area contributed by atoms with Crippen molar-refractivity contribution in [1.29, 1.82) is 0 Å². The summed E-state index contributed by atoms with van der Waals surface area (Å²) in [6.07, 6.45) is 3.03. The summed E-state index contributed by atoms with van der Waals surface area (Å²) in [6.45, 7) is 5.86. The van der Waals surface area contributed by atoms with E-state index in [9.17, 15) is 9.90 Å². The van der Waals surface area contributed by atoms with Gasteiger partial charge >= 0.3 is 0 Å². The van der Waals surface area contributed by atoms with Gasteiger partial charge < -0.3 is 10.1 Å². The molecule has 0 aliphatic rings. The van der Waals surface area contributed by atoms with Crippen LogP contribution >= 0.6 is 23.2 Å². The summed E-state index contributed by atoms with van der Waals surface area (Å²) in [5.74, 6) is 0.210. The maximum atomic E-state index is 12.7. The quantitative estimate of drug-likeness (QED) is 0.587. The lowest BCUT2D eigenvalue weighted by Gasteiger charge is -2.25. The van der Waals surface area contributed by atoms with Crippen LogP contribution in [0, 0.1) is 5.92 Å². The molecule has 0 radical (unpaired) electrons. The highest BCUT2D eigenvalue weighted by atomic mass is 35.5. The fourth-order valence-electron chi connectivity index (χ4n) is 3.33. The highest BCUT2D eigenvalue weighted by Crippen LogP contribution is 2.36. The van der Waals surface area contributed by atoms with Crippen molar-refractivity contribution in [3.8, 4) is 0 Å². The van der Waals surface area contributed by atoms with E-state index in [0.29, 0.717) is 22.0 Å². The van der Waals surface area contributed by atoms with Crippen molar-refractivity contribution >= 4 is 29.0 Å². The van der Waals surface area contributed by atoms with E-state index in [1.54, 1.807) is 31.5 Å². The number of aromatic nitrogens is 2. The number of halogens is 2. The molecule has 3 unspecified atom stereocenters. The maximum absolute atomic E-state index is 12.7. The van der Waals surface area contributed by atoms with Crippen LogP contribution in [0.5, 0.6) is 0 Å². The SMILES string of the molecule is CCC(CC(=O)c1ccc(Cl)cc1Cl)C(CC)c1nc[nH]c1C(C)O. The molecule has 0 fully saturated rings. The standard InChI is InChI=1S/C19H24Cl2N2O2/c1-4-12(8-17(25)15-7-6-13(20)9-16(15)21)14(5-2)19-18(11(3)24)22-10-23-19/h6-7,9-12,14,24H,4-5,8H2,1-3H3,(H,22,23). The third-order valence-electron chi connectivity index (χ3n) is 4.68. The lowest BCUT2D eigenvalue weighted by Crippen LogP contribution is -2.18. The van der Waals surface area contributed by atoms with E-state index >= 15 is 0 Å². The molecule has 0 saturated heterocycles. The summed E-state index contributed by atoms with van der Waals surface area (Å²) in [7, 11) is 0. The number of ketones is 1. The van der Waals surface area contributed by atoms with Gasteiger partial charge in [0.05, 0.1) is 28.8 Å². The average Bonchev–Trinajstić information content (AvgIpc) is 3.04. The first-order valence-corrected chi connectivity index (χ1v) is 9.34. The molecule has 3 atom stereocenters. The first-order valence-electron chi connectivity index (χ1n) is 8.58. The van der Waals surface area contributed by atoms with Gasteiger partial charge in [-0.05, 0) is 37.5 Å². The number of Topliss-reactive ketones (excluding diaryl/α,β-unsaturated/α-hetero) is 1. The summed E-state index contributed by atoms with van der Waals surface area (Å²) in [5, 5.41) is 10.8. The number of H-pyrrole nitrogens is 1. The molecule has 0 spiro atoms. The van der Waals surface area contributed by atoms with Crippen molar-refractivity contribution in [3.05, 3.63) is 51.5 Å². The zero-order valence-corrected chi connectivity index (χ0v) is 16.2. The predicted molar refractivity (Wildman–Crippen MR) is 101 cm³/mol. The van der Waals surface area contributed by atoms with Gasteiger partial charge in [-0.3, -0.25) is 4.79 Å². The Balaban J connectivity index is 2.25. The smallest absolute Gasteiger partial charge is 0.164 e. The second-order valence-corrected chi connectivity index (χ2v) is 7.16. The van der Waals surface area contributed by atoms with Crippen molar-refractivity contribution < 1.29 is 9.90 Å². The lowest BCUT2D eigenvalue weighted by molar-refractivity contribution is 0.0951. The molecule has 2 rings (SSSR count). The van der Waals surface area contributed by atoms with Gasteiger partial charge in [-0.25, -0.2) is 4.98 Å². The molecule has 0 bridgehead atoms. The second kappa shape index (κ2) is 8.84. The Bertz CT molecular complexity index is 728. The van der Waals surface area contributed by atoms with Crippen molar-refractivity contribution in [3.63, 3.8) is 0 Å². The van der Waals surface area contributed by atoms with Crippen molar-refractivity contribution in [2.45, 2.75) is 52.1 Å². The molecule has 0 saturated carbocycles. The zero-order valence-electron chi connectivity index (χ0n) is 14.7. The summed E-state index contributed by atoms with van der Waals surface area (Å²) in [6, 6.07) is 4.95. The van der Waals surface area contributed by atoms with Crippen LogP contribution in [-0.4, -0.2) is 20.9 Å². The van der Waals surface area contributed by atoms with Gasteiger partial charge in [-0.15, -0.1) is 0 Å². The van der Waals surface area contributed by atoms with E-state index in [1.165, 1.54) is 0 Å². The Morgan fingerprint density at radius 1 is 1.28 bits per heavy atom. The number of aliphatic hydroxyl groups is 1. The van der Waals surface area contributed by atoms with Crippen LogP contribution in [0.25, 0.3) is 0 Å². The van der Waals surface area contributed by atoms with Crippen LogP contribution in [0.1, 0.15) is 73.8 Å². The number of rotatable bonds is 8. The Hall–Kier alpha value is -1.36. The first kappa shape index (κ1) is 20.0. The normalized spacial score (nSPS) is 15.0. The zero-order chi connectivity index (χ0) is 18.6. The number of carbonyl (C=O) groups excluding carboxylic acids is 1. The molecule has 1 aromatic heterocycles. The minimum atomic E-state index is -0.620. The number of hydrogen-bond donors (Lipinski definition) is 2. The first-order chi connectivity index (χ1) is 11.9. The molecule has 136 valence electrons. The average molecular weight is 383 g/mol. The second-order valence-electron chi connectivity index (χ2n) is 6.31. The molecular weight excluding hydrogens is 359 g/mol. The largest absolute Gasteiger partial charge is 0.387 e. The van der Waals surface area contributed by atoms with Crippen LogP contribution in [0.4, 0.5) is 0 Å². The number of aliphatic hydroxyl groups excluding tert-OH is 1. The van der Waals surface area contributed by atoms with E-state index in [-0.39, 0.29) is 17.6 Å². The molecule has 2 N–H and O–H groups in total. The maximum Gasteiger partial charge on any atom is 0.164 e. The predicted octanol–water partition coefficient (Wildman–Crippen LogP) is 5.56. The van der Waals surface area contributed by atoms with E-state index in [2.05, 4.69) is 23.8 Å². The molecule has 4 nitrogen and oxygen atoms in total. The highest BCUT2D eigenvalue weighted by molar-refractivity contribution is 6.36. The van der Waals surface area contributed by atoms with Crippen molar-refractivity contribution in [1.82, 2.24) is 9.97 Å². The number of imidazole rings is 1. The van der Waals surface area contributed by atoms with Crippen LogP contribution < -0.4 is 0 Å². The van der Waals surface area contributed by atoms with Gasteiger partial charge in [0.2, 0.25) is 0 Å². The van der Waals surface area contributed by atoms with E-state index in [0.717, 1.165) is 24.2 Å². The number of nitrogens with one attached hydrogen (secondary N) is 1. The van der Waals surface area contributed by atoms with Crippen LogP contribution in [0.15, 0.2) is 24.5 Å². The van der Waals surface area contributed by atoms with Gasteiger partial charge in [-0.2, -0.15) is 0 Å². The lowest BCUT2D eigenvalue weighted by atomic mass is 9.80. The van der Waals surface area contributed by atoms with Crippen molar-refractivity contribution in [2.75, 3.05) is 0 Å². The minimum Gasteiger partial charge on any atom is -0.387 e. The Labute approximate surface area is 158 Å². The van der Waals surface area contributed by atoms with E-state index in [1.807, 2.05) is 0 Å². The Kier molecular flexibility index (Phi) is 7.05. The van der Waals surface area contributed by atoms with Gasteiger partial charge in [0, 0.05) is 22.9 Å². The Morgan fingerprint density at radius 3 is 2.56 bits per heavy atom. The van der Waals surface area contributed by atoms with Crippen molar-refractivity contribution in [2.24, 2.45) is 5.92 Å². The highest BCUT2D eigenvalue weighted by Gasteiger charge is 2.28. The van der Waals surface area contributed by atoms with E-state index < -0.39 is 6.10 Å². The molecular formula is C19H24Cl2N2O2. The van der Waals surface area contributed by atoms with Crippen LogP contribution in [0.2, 0.25) is 10.0 Å². The molecule has 2 aromatic rings. The summed E-state index contributed by atoms with van der Waals surface area (Å²) in [4.78, 5) is 20.2. The van der Waals surface area contributed by atoms with Gasteiger partial charge in [0.15, 0.2) is 5.78 Å². The molecule has 6 heteroatoms. The third kappa shape index (κ3) is 4.63. The summed E-state index contributed by atoms with van der Waals surface area (Å²) in [5.41, 5.74) is 2.07. The van der Waals surface area contributed by atoms with Gasteiger partial charge in [0.25, 0.3) is 0 Å². The summed E-state index contributed by atoms with van der Waals surface area (Å²) >= 11 is 12.1. The third-order valence-corrected chi connectivity index (χ3v) is 5.23.